The number of sulfonamides is 1. The smallest absolute Gasteiger partial charge is 0.321 e. The fourth-order valence-electron chi connectivity index (χ4n) is 2.88. The van der Waals surface area contributed by atoms with E-state index in [4.69, 9.17) is 11.6 Å². The number of carbonyl (C=O) groups excluding carboxylic acids is 1. The highest BCUT2D eigenvalue weighted by Crippen LogP contribution is 2.36. The third-order valence-corrected chi connectivity index (χ3v) is 6.74. The van der Waals surface area contributed by atoms with Crippen molar-refractivity contribution in [2.45, 2.75) is 18.0 Å². The Hall–Kier alpha value is -3.04. The van der Waals surface area contributed by atoms with Gasteiger partial charge in [-0.25, -0.2) is 8.42 Å². The Morgan fingerprint density at radius 1 is 0.969 bits per heavy atom. The highest BCUT2D eigenvalue weighted by atomic mass is 35.5. The van der Waals surface area contributed by atoms with E-state index in [1.807, 2.05) is 6.92 Å². The summed E-state index contributed by atoms with van der Waals surface area (Å²) in [6, 6.07) is 14.8. The van der Waals surface area contributed by atoms with Crippen molar-refractivity contribution in [1.29, 1.82) is 0 Å². The Balaban J connectivity index is 1.82. The molecule has 0 bridgehead atoms. The normalized spacial score (nSPS) is 11.8. The number of anilines is 2. The summed E-state index contributed by atoms with van der Waals surface area (Å²) in [7, 11) is -2.45. The minimum atomic E-state index is -4.70. The molecular weight excluding hydrogens is 465 g/mol. The summed E-state index contributed by atoms with van der Waals surface area (Å²) in [6.45, 7) is 1.84. The summed E-state index contributed by atoms with van der Waals surface area (Å²) in [4.78, 5) is 12.6. The summed E-state index contributed by atoms with van der Waals surface area (Å²) in [5, 5.41) is 2.11. The topological polar surface area (TPSA) is 66.5 Å². The van der Waals surface area contributed by atoms with Crippen LogP contribution in [0.1, 0.15) is 21.5 Å². The monoisotopic (exact) mass is 482 g/mol. The zero-order valence-corrected chi connectivity index (χ0v) is 18.5. The van der Waals surface area contributed by atoms with Gasteiger partial charge < -0.3 is 5.32 Å². The number of rotatable bonds is 5. The number of carbonyl (C=O) groups is 1. The molecule has 3 aromatic carbocycles. The van der Waals surface area contributed by atoms with Crippen LogP contribution in [0.2, 0.25) is 5.02 Å². The minimum Gasteiger partial charge on any atom is -0.321 e. The van der Waals surface area contributed by atoms with Crippen molar-refractivity contribution in [1.82, 2.24) is 0 Å². The molecule has 0 fully saturated rings. The molecule has 0 aliphatic carbocycles. The highest BCUT2D eigenvalue weighted by molar-refractivity contribution is 7.92. The third-order valence-electron chi connectivity index (χ3n) is 4.71. The number of hydrogen-bond donors (Lipinski definition) is 1. The first kappa shape index (κ1) is 23.6. The molecule has 0 aromatic heterocycles. The molecule has 0 aliphatic rings. The summed E-state index contributed by atoms with van der Waals surface area (Å²) < 4.78 is 66.3. The molecule has 0 unspecified atom stereocenters. The van der Waals surface area contributed by atoms with E-state index in [1.165, 1.54) is 49.5 Å². The van der Waals surface area contributed by atoms with Gasteiger partial charge in [-0.05, 0) is 61.5 Å². The van der Waals surface area contributed by atoms with Crippen LogP contribution in [-0.2, 0) is 16.2 Å². The van der Waals surface area contributed by atoms with E-state index in [9.17, 15) is 26.4 Å². The van der Waals surface area contributed by atoms with E-state index < -0.39 is 33.4 Å². The summed E-state index contributed by atoms with van der Waals surface area (Å²) in [5.74, 6) is -0.784. The maximum Gasteiger partial charge on any atom is 0.418 e. The first-order valence-corrected chi connectivity index (χ1v) is 11.0. The van der Waals surface area contributed by atoms with Gasteiger partial charge in [0, 0.05) is 17.6 Å². The first-order valence-electron chi connectivity index (χ1n) is 9.23. The van der Waals surface area contributed by atoms with Crippen LogP contribution < -0.4 is 9.62 Å². The Labute approximate surface area is 188 Å². The number of aryl methyl sites for hydroxylation is 1. The van der Waals surface area contributed by atoms with Gasteiger partial charge >= 0.3 is 6.18 Å². The van der Waals surface area contributed by atoms with Gasteiger partial charge in [0.05, 0.1) is 21.8 Å². The molecule has 0 radical (unpaired) electrons. The van der Waals surface area contributed by atoms with Crippen molar-refractivity contribution in [2.24, 2.45) is 0 Å². The number of halogens is 4. The predicted molar refractivity (Wildman–Crippen MR) is 118 cm³/mol. The van der Waals surface area contributed by atoms with Gasteiger partial charge in [-0.3, -0.25) is 9.10 Å². The molecule has 1 amide bonds. The minimum absolute atomic E-state index is 0.0537. The maximum absolute atomic E-state index is 13.2. The van der Waals surface area contributed by atoms with Crippen molar-refractivity contribution in [3.63, 3.8) is 0 Å². The van der Waals surface area contributed by atoms with Crippen LogP contribution in [0.25, 0.3) is 0 Å². The fourth-order valence-corrected chi connectivity index (χ4v) is 4.25. The molecule has 0 heterocycles. The van der Waals surface area contributed by atoms with E-state index in [0.717, 1.165) is 22.0 Å². The van der Waals surface area contributed by atoms with Crippen LogP contribution in [0, 0.1) is 6.92 Å². The Kier molecular flexibility index (Phi) is 6.52. The van der Waals surface area contributed by atoms with Crippen molar-refractivity contribution >= 4 is 38.9 Å². The van der Waals surface area contributed by atoms with E-state index >= 15 is 0 Å². The van der Waals surface area contributed by atoms with Gasteiger partial charge in [0.15, 0.2) is 0 Å². The van der Waals surface area contributed by atoms with Gasteiger partial charge in [0.1, 0.15) is 0 Å². The van der Waals surface area contributed by atoms with Crippen molar-refractivity contribution in [3.05, 3.63) is 88.4 Å². The van der Waals surface area contributed by atoms with Gasteiger partial charge in [0.25, 0.3) is 15.9 Å². The number of alkyl halides is 3. The van der Waals surface area contributed by atoms with E-state index in [2.05, 4.69) is 5.32 Å². The van der Waals surface area contributed by atoms with Gasteiger partial charge in [0.2, 0.25) is 0 Å². The van der Waals surface area contributed by atoms with E-state index in [-0.39, 0.29) is 21.2 Å². The number of nitrogens with one attached hydrogen (secondary N) is 1. The molecule has 10 heteroatoms. The Morgan fingerprint density at radius 3 is 2.12 bits per heavy atom. The van der Waals surface area contributed by atoms with Crippen molar-refractivity contribution in [3.8, 4) is 0 Å². The van der Waals surface area contributed by atoms with Crippen molar-refractivity contribution in [2.75, 3.05) is 16.7 Å². The summed E-state index contributed by atoms with van der Waals surface area (Å²) in [6.07, 6.45) is -4.70. The second-order valence-corrected chi connectivity index (χ2v) is 9.38. The van der Waals surface area contributed by atoms with Gasteiger partial charge in [-0.1, -0.05) is 29.3 Å². The molecule has 1 N–H and O–H groups in total. The molecule has 0 spiro atoms. The second-order valence-electron chi connectivity index (χ2n) is 6.97. The number of hydrogen-bond acceptors (Lipinski definition) is 3. The molecule has 0 saturated carbocycles. The molecule has 5 nitrogen and oxygen atoms in total. The number of amides is 1. The quantitative estimate of drug-likeness (QED) is 0.504. The molecule has 32 heavy (non-hydrogen) atoms. The molecule has 0 saturated heterocycles. The van der Waals surface area contributed by atoms with Crippen molar-refractivity contribution < 1.29 is 26.4 Å². The van der Waals surface area contributed by atoms with Crippen LogP contribution in [0.15, 0.2) is 71.6 Å². The van der Waals surface area contributed by atoms with Crippen LogP contribution in [0.5, 0.6) is 0 Å². The lowest BCUT2D eigenvalue weighted by atomic mass is 10.1. The van der Waals surface area contributed by atoms with Crippen LogP contribution in [-0.4, -0.2) is 21.4 Å². The number of nitrogens with zero attached hydrogens (tertiary/aromatic N) is 1. The largest absolute Gasteiger partial charge is 0.418 e. The zero-order chi connectivity index (χ0) is 23.7. The molecule has 0 atom stereocenters. The third kappa shape index (κ3) is 5.05. The van der Waals surface area contributed by atoms with E-state index in [1.54, 1.807) is 12.1 Å². The SMILES string of the molecule is Cc1ccc(S(=O)(=O)N(C)c2ccc(C(=O)Nc3ccc(Cl)cc3C(F)(F)F)cc2)cc1. The standard InChI is InChI=1S/C22H18ClF3N2O3S/c1-14-3-10-18(11-4-14)32(30,31)28(2)17-8-5-15(6-9-17)21(29)27-20-12-7-16(23)13-19(20)22(24,25)26/h3-13H,1-2H3,(H,27,29). The second kappa shape index (κ2) is 8.84. The molecule has 3 aromatic rings. The average Bonchev–Trinajstić information content (AvgIpc) is 2.74. The molecular formula is C22H18ClF3N2O3S. The van der Waals surface area contributed by atoms with Crippen LogP contribution in [0.3, 0.4) is 0 Å². The first-order chi connectivity index (χ1) is 14.9. The molecule has 3 rings (SSSR count). The lowest BCUT2D eigenvalue weighted by Gasteiger charge is -2.20. The molecule has 0 aliphatic heterocycles. The fraction of sp³-hybridized carbons (Fsp3) is 0.136. The lowest BCUT2D eigenvalue weighted by Crippen LogP contribution is -2.26. The van der Waals surface area contributed by atoms with Crippen LogP contribution in [0.4, 0.5) is 24.5 Å². The van der Waals surface area contributed by atoms with Crippen LogP contribution >= 0.6 is 11.6 Å². The lowest BCUT2D eigenvalue weighted by molar-refractivity contribution is -0.136. The Bertz CT molecular complexity index is 1240. The summed E-state index contributed by atoms with van der Waals surface area (Å²) in [5.41, 5.74) is -0.257. The predicted octanol–water partition coefficient (Wildman–Crippen LogP) is 5.74. The van der Waals surface area contributed by atoms with E-state index in [0.29, 0.717) is 0 Å². The Morgan fingerprint density at radius 2 is 1.56 bits per heavy atom. The maximum atomic E-state index is 13.2. The highest BCUT2D eigenvalue weighted by Gasteiger charge is 2.34. The molecule has 168 valence electrons. The number of benzene rings is 3. The average molecular weight is 483 g/mol. The summed E-state index contributed by atoms with van der Waals surface area (Å²) >= 11 is 5.65. The van der Waals surface area contributed by atoms with Gasteiger partial charge in [-0.2, -0.15) is 13.2 Å². The zero-order valence-electron chi connectivity index (χ0n) is 16.9. The van der Waals surface area contributed by atoms with Gasteiger partial charge in [-0.15, -0.1) is 0 Å².